The Morgan fingerprint density at radius 1 is 1.45 bits per heavy atom. The third kappa shape index (κ3) is 5.05. The molecule has 0 aromatic carbocycles. The van der Waals surface area contributed by atoms with E-state index in [4.69, 9.17) is 4.74 Å². The molecule has 0 radical (unpaired) electrons. The Hall–Kier alpha value is -1.49. The smallest absolute Gasteiger partial charge is 0.410 e. The highest BCUT2D eigenvalue weighted by atomic mass is 16.6. The summed E-state index contributed by atoms with van der Waals surface area (Å²) in [6.45, 7) is 11.2. The number of hydrogen-bond donors (Lipinski definition) is 1. The van der Waals surface area contributed by atoms with Crippen molar-refractivity contribution in [2.24, 2.45) is 0 Å². The number of aromatic nitrogens is 1. The predicted octanol–water partition coefficient (Wildman–Crippen LogP) is 3.00. The van der Waals surface area contributed by atoms with E-state index in [9.17, 15) is 4.79 Å². The van der Waals surface area contributed by atoms with E-state index in [0.29, 0.717) is 6.04 Å². The average Bonchev–Trinajstić information content (AvgIpc) is 2.92. The zero-order chi connectivity index (χ0) is 16.2. The molecule has 1 saturated heterocycles. The van der Waals surface area contributed by atoms with Gasteiger partial charge in [0.05, 0.1) is 0 Å². The van der Waals surface area contributed by atoms with Gasteiger partial charge < -0.3 is 19.5 Å². The lowest BCUT2D eigenvalue weighted by atomic mass is 10.1. The summed E-state index contributed by atoms with van der Waals surface area (Å²) in [6.07, 6.45) is 6.20. The zero-order valence-electron chi connectivity index (χ0n) is 14.3. The van der Waals surface area contributed by atoms with E-state index in [1.807, 2.05) is 25.7 Å². The van der Waals surface area contributed by atoms with Gasteiger partial charge in [-0.05, 0) is 52.2 Å². The van der Waals surface area contributed by atoms with E-state index < -0.39 is 5.60 Å². The van der Waals surface area contributed by atoms with Crippen molar-refractivity contribution in [3.05, 3.63) is 24.0 Å². The fourth-order valence-corrected chi connectivity index (χ4v) is 2.69. The standard InChI is InChI=1S/C17H29N3O2/c1-5-19-10-8-14(12-19)11-18-15-7-6-9-20(13-15)16(21)22-17(2,3)4/h8,10,12,15,18H,5-7,9,11,13H2,1-4H3. The summed E-state index contributed by atoms with van der Waals surface area (Å²) in [6, 6.07) is 2.48. The lowest BCUT2D eigenvalue weighted by Gasteiger charge is -2.34. The van der Waals surface area contributed by atoms with E-state index in [0.717, 1.165) is 39.0 Å². The van der Waals surface area contributed by atoms with Gasteiger partial charge in [0.2, 0.25) is 0 Å². The first-order valence-electron chi connectivity index (χ1n) is 8.23. The maximum Gasteiger partial charge on any atom is 0.410 e. The van der Waals surface area contributed by atoms with Crippen molar-refractivity contribution in [1.29, 1.82) is 0 Å². The van der Waals surface area contributed by atoms with Crippen LogP contribution in [0.3, 0.4) is 0 Å². The molecule has 22 heavy (non-hydrogen) atoms. The highest BCUT2D eigenvalue weighted by molar-refractivity contribution is 5.68. The molecule has 0 aliphatic carbocycles. The molecule has 1 aromatic rings. The van der Waals surface area contributed by atoms with Gasteiger partial charge in [-0.3, -0.25) is 0 Å². The van der Waals surface area contributed by atoms with E-state index in [1.54, 1.807) is 0 Å². The molecule has 5 heteroatoms. The zero-order valence-corrected chi connectivity index (χ0v) is 14.3. The average molecular weight is 307 g/mol. The normalized spacial score (nSPS) is 19.3. The van der Waals surface area contributed by atoms with Gasteiger partial charge in [0.15, 0.2) is 0 Å². The molecule has 124 valence electrons. The summed E-state index contributed by atoms with van der Waals surface area (Å²) in [4.78, 5) is 14.0. The Labute approximate surface area is 133 Å². The SMILES string of the molecule is CCn1ccc(CNC2CCCN(C(=O)OC(C)(C)C)C2)c1. The van der Waals surface area contributed by atoms with Crippen molar-refractivity contribution in [3.63, 3.8) is 0 Å². The molecule has 0 bridgehead atoms. The molecule has 1 amide bonds. The lowest BCUT2D eigenvalue weighted by Crippen LogP contribution is -2.49. The fourth-order valence-electron chi connectivity index (χ4n) is 2.69. The Balaban J connectivity index is 1.81. The third-order valence-corrected chi connectivity index (χ3v) is 3.84. The second-order valence-corrected chi connectivity index (χ2v) is 7.00. The first-order valence-corrected chi connectivity index (χ1v) is 8.23. The van der Waals surface area contributed by atoms with Crippen LogP contribution in [0.1, 0.15) is 46.1 Å². The molecular formula is C17H29N3O2. The van der Waals surface area contributed by atoms with Gasteiger partial charge in [0.25, 0.3) is 0 Å². The first-order chi connectivity index (χ1) is 10.4. The van der Waals surface area contributed by atoms with Gasteiger partial charge in [0, 0.05) is 44.6 Å². The van der Waals surface area contributed by atoms with Crippen LogP contribution in [0, 0.1) is 0 Å². The van der Waals surface area contributed by atoms with Crippen molar-refractivity contribution in [2.45, 2.75) is 65.3 Å². The number of nitrogens with one attached hydrogen (secondary N) is 1. The Bertz CT molecular complexity index is 490. The number of hydrogen-bond acceptors (Lipinski definition) is 3. The van der Waals surface area contributed by atoms with Crippen LogP contribution in [0.4, 0.5) is 4.79 Å². The van der Waals surface area contributed by atoms with Gasteiger partial charge in [-0.25, -0.2) is 4.79 Å². The number of ether oxygens (including phenoxy) is 1. The van der Waals surface area contributed by atoms with Crippen LogP contribution in [0.5, 0.6) is 0 Å². The summed E-state index contributed by atoms with van der Waals surface area (Å²) in [5.74, 6) is 0. The van der Waals surface area contributed by atoms with Gasteiger partial charge in [-0.15, -0.1) is 0 Å². The molecule has 1 unspecified atom stereocenters. The summed E-state index contributed by atoms with van der Waals surface area (Å²) in [5, 5.41) is 3.56. The van der Waals surface area contributed by atoms with Gasteiger partial charge in [0.1, 0.15) is 5.60 Å². The summed E-state index contributed by atoms with van der Waals surface area (Å²) < 4.78 is 7.63. The maximum atomic E-state index is 12.1. The van der Waals surface area contributed by atoms with Crippen LogP contribution in [0.15, 0.2) is 18.5 Å². The molecule has 1 aliphatic rings. The topological polar surface area (TPSA) is 46.5 Å². The highest BCUT2D eigenvalue weighted by Gasteiger charge is 2.27. The van der Waals surface area contributed by atoms with Crippen molar-refractivity contribution < 1.29 is 9.53 Å². The minimum absolute atomic E-state index is 0.198. The monoisotopic (exact) mass is 307 g/mol. The minimum Gasteiger partial charge on any atom is -0.444 e. The highest BCUT2D eigenvalue weighted by Crippen LogP contribution is 2.16. The number of carbonyl (C=O) groups is 1. The van der Waals surface area contributed by atoms with Crippen LogP contribution in [-0.2, 0) is 17.8 Å². The maximum absolute atomic E-state index is 12.1. The molecule has 1 aromatic heterocycles. The first kappa shape index (κ1) is 16.9. The second-order valence-electron chi connectivity index (χ2n) is 7.00. The Kier molecular flexibility index (Phi) is 5.51. The van der Waals surface area contributed by atoms with Crippen LogP contribution in [-0.4, -0.2) is 40.3 Å². The predicted molar refractivity (Wildman–Crippen MR) is 87.8 cm³/mol. The molecule has 2 rings (SSSR count). The summed E-state index contributed by atoms with van der Waals surface area (Å²) >= 11 is 0. The van der Waals surface area contributed by atoms with Crippen LogP contribution in [0.2, 0.25) is 0 Å². The van der Waals surface area contributed by atoms with Gasteiger partial charge >= 0.3 is 6.09 Å². The molecule has 5 nitrogen and oxygen atoms in total. The van der Waals surface area contributed by atoms with Crippen molar-refractivity contribution in [1.82, 2.24) is 14.8 Å². The van der Waals surface area contributed by atoms with Gasteiger partial charge in [-0.1, -0.05) is 0 Å². The van der Waals surface area contributed by atoms with Crippen molar-refractivity contribution >= 4 is 6.09 Å². The number of carbonyl (C=O) groups excluding carboxylic acids is 1. The molecule has 1 aliphatic heterocycles. The third-order valence-electron chi connectivity index (χ3n) is 3.84. The second kappa shape index (κ2) is 7.18. The fraction of sp³-hybridized carbons (Fsp3) is 0.706. The van der Waals surface area contributed by atoms with E-state index in [1.165, 1.54) is 5.56 Å². The molecular weight excluding hydrogens is 278 g/mol. The lowest BCUT2D eigenvalue weighted by molar-refractivity contribution is 0.0187. The molecule has 1 N–H and O–H groups in total. The van der Waals surface area contributed by atoms with E-state index in [2.05, 4.69) is 35.3 Å². The molecule has 1 fully saturated rings. The van der Waals surface area contributed by atoms with Crippen molar-refractivity contribution in [2.75, 3.05) is 13.1 Å². The number of piperidine rings is 1. The Morgan fingerprint density at radius 3 is 2.86 bits per heavy atom. The van der Waals surface area contributed by atoms with Crippen LogP contribution in [0.25, 0.3) is 0 Å². The van der Waals surface area contributed by atoms with E-state index in [-0.39, 0.29) is 6.09 Å². The van der Waals surface area contributed by atoms with Crippen molar-refractivity contribution in [3.8, 4) is 0 Å². The molecule has 0 saturated carbocycles. The molecule has 1 atom stereocenters. The number of amides is 1. The molecule has 0 spiro atoms. The number of aryl methyl sites for hydroxylation is 1. The largest absolute Gasteiger partial charge is 0.444 e. The summed E-state index contributed by atoms with van der Waals surface area (Å²) in [7, 11) is 0. The molecule has 2 heterocycles. The van der Waals surface area contributed by atoms with Gasteiger partial charge in [-0.2, -0.15) is 0 Å². The number of likely N-dealkylation sites (tertiary alicyclic amines) is 1. The minimum atomic E-state index is -0.430. The van der Waals surface area contributed by atoms with Crippen LogP contribution >= 0.6 is 0 Å². The Morgan fingerprint density at radius 2 is 2.23 bits per heavy atom. The number of nitrogens with zero attached hydrogens (tertiary/aromatic N) is 2. The number of rotatable bonds is 4. The summed E-state index contributed by atoms with van der Waals surface area (Å²) in [5.41, 5.74) is 0.858. The van der Waals surface area contributed by atoms with Crippen LogP contribution < -0.4 is 5.32 Å². The quantitative estimate of drug-likeness (QED) is 0.930. The van der Waals surface area contributed by atoms with E-state index >= 15 is 0 Å².